The smallest absolute Gasteiger partial charge is 0.242 e. The molecule has 6 heteroatoms. The van der Waals surface area contributed by atoms with Crippen LogP contribution in [0.25, 0.3) is 0 Å². The minimum atomic E-state index is -3.49. The Morgan fingerprint density at radius 3 is 2.52 bits per heavy atom. The monoisotopic (exact) mass is 314 g/mol. The summed E-state index contributed by atoms with van der Waals surface area (Å²) >= 11 is 0. The quantitative estimate of drug-likeness (QED) is 0.792. The Kier molecular flexibility index (Phi) is 5.84. The zero-order valence-corrected chi connectivity index (χ0v) is 13.5. The summed E-state index contributed by atoms with van der Waals surface area (Å²) < 4.78 is 29.6. The van der Waals surface area contributed by atoms with Crippen molar-refractivity contribution < 1.29 is 13.5 Å². The van der Waals surface area contributed by atoms with Crippen LogP contribution in [0.15, 0.2) is 17.2 Å². The van der Waals surface area contributed by atoms with Gasteiger partial charge in [-0.3, -0.25) is 0 Å². The average Bonchev–Trinajstić information content (AvgIpc) is 2.70. The maximum absolute atomic E-state index is 12.5. The second-order valence-electron chi connectivity index (χ2n) is 5.83. The lowest BCUT2D eigenvalue weighted by Crippen LogP contribution is -2.34. The SMILES string of the molecule is CCCn1cc(S(=O)(=O)NC2CCCCCC2)cc1CO. The van der Waals surface area contributed by atoms with E-state index in [-0.39, 0.29) is 17.5 Å². The Morgan fingerprint density at radius 2 is 1.95 bits per heavy atom. The van der Waals surface area contributed by atoms with Gasteiger partial charge in [-0.15, -0.1) is 0 Å². The van der Waals surface area contributed by atoms with Crippen LogP contribution in [0.4, 0.5) is 0 Å². The first-order valence-electron chi connectivity index (χ1n) is 7.89. The zero-order chi connectivity index (χ0) is 15.3. The molecule has 1 heterocycles. The summed E-state index contributed by atoms with van der Waals surface area (Å²) in [6.45, 7) is 2.60. The Balaban J connectivity index is 2.14. The number of hydrogen-bond donors (Lipinski definition) is 2. The third-order valence-electron chi connectivity index (χ3n) is 4.07. The van der Waals surface area contributed by atoms with Crippen molar-refractivity contribution in [3.8, 4) is 0 Å². The minimum absolute atomic E-state index is 0.0459. The second kappa shape index (κ2) is 7.42. The van der Waals surface area contributed by atoms with E-state index in [9.17, 15) is 13.5 Å². The molecule has 0 atom stereocenters. The van der Waals surface area contributed by atoms with Gasteiger partial charge >= 0.3 is 0 Å². The molecule has 5 nitrogen and oxygen atoms in total. The van der Waals surface area contributed by atoms with E-state index in [1.54, 1.807) is 12.3 Å². The van der Waals surface area contributed by atoms with E-state index in [0.29, 0.717) is 5.69 Å². The fourth-order valence-electron chi connectivity index (χ4n) is 2.94. The number of nitrogens with zero attached hydrogens (tertiary/aromatic N) is 1. The molecule has 1 saturated carbocycles. The molecule has 1 aliphatic carbocycles. The molecule has 21 heavy (non-hydrogen) atoms. The number of rotatable bonds is 6. The van der Waals surface area contributed by atoms with Gasteiger partial charge in [0.25, 0.3) is 0 Å². The fraction of sp³-hybridized carbons (Fsp3) is 0.733. The summed E-state index contributed by atoms with van der Waals surface area (Å²) in [7, 11) is -3.49. The second-order valence-corrected chi connectivity index (χ2v) is 7.54. The molecule has 0 saturated heterocycles. The summed E-state index contributed by atoms with van der Waals surface area (Å²) in [4.78, 5) is 0.268. The molecule has 2 rings (SSSR count). The Labute approximate surface area is 127 Å². The van der Waals surface area contributed by atoms with Crippen LogP contribution >= 0.6 is 0 Å². The van der Waals surface area contributed by atoms with Gasteiger partial charge in [0, 0.05) is 24.5 Å². The van der Waals surface area contributed by atoms with Crippen LogP contribution in [0.1, 0.15) is 57.6 Å². The molecule has 0 bridgehead atoms. The summed E-state index contributed by atoms with van der Waals surface area (Å²) in [6, 6.07) is 1.62. The maximum atomic E-state index is 12.5. The fourth-order valence-corrected chi connectivity index (χ4v) is 4.31. The average molecular weight is 314 g/mol. The van der Waals surface area contributed by atoms with Gasteiger partial charge in [-0.05, 0) is 25.3 Å². The van der Waals surface area contributed by atoms with Crippen LogP contribution in [0, 0.1) is 0 Å². The highest BCUT2D eigenvalue weighted by Crippen LogP contribution is 2.21. The molecule has 0 radical (unpaired) electrons. The summed E-state index contributed by atoms with van der Waals surface area (Å²) in [6.07, 6.45) is 8.94. The standard InChI is InChI=1S/C15H26N2O3S/c1-2-9-17-11-15(10-14(17)12-18)21(19,20)16-13-7-5-3-4-6-8-13/h10-11,13,16,18H,2-9,12H2,1H3. The largest absolute Gasteiger partial charge is 0.390 e. The van der Waals surface area contributed by atoms with Gasteiger partial charge in [-0.25, -0.2) is 13.1 Å². The molecule has 0 spiro atoms. The zero-order valence-electron chi connectivity index (χ0n) is 12.7. The number of sulfonamides is 1. The topological polar surface area (TPSA) is 71.3 Å². The highest BCUT2D eigenvalue weighted by atomic mass is 32.2. The molecule has 1 aromatic rings. The Morgan fingerprint density at radius 1 is 1.29 bits per heavy atom. The van der Waals surface area contributed by atoms with E-state index in [4.69, 9.17) is 0 Å². The molecule has 0 aliphatic heterocycles. The summed E-state index contributed by atoms with van der Waals surface area (Å²) in [5.41, 5.74) is 0.651. The molecule has 120 valence electrons. The lowest BCUT2D eigenvalue weighted by atomic mass is 10.1. The van der Waals surface area contributed by atoms with Gasteiger partial charge in [0.1, 0.15) is 0 Å². The maximum Gasteiger partial charge on any atom is 0.242 e. The first-order valence-corrected chi connectivity index (χ1v) is 9.37. The lowest BCUT2D eigenvalue weighted by Gasteiger charge is -2.15. The number of aliphatic hydroxyl groups is 1. The predicted molar refractivity (Wildman–Crippen MR) is 82.5 cm³/mol. The van der Waals surface area contributed by atoms with Crippen LogP contribution in [-0.4, -0.2) is 24.1 Å². The van der Waals surface area contributed by atoms with Gasteiger partial charge < -0.3 is 9.67 Å². The molecular weight excluding hydrogens is 288 g/mol. The van der Waals surface area contributed by atoms with E-state index >= 15 is 0 Å². The molecular formula is C15H26N2O3S. The van der Waals surface area contributed by atoms with Gasteiger partial charge in [0.05, 0.1) is 11.5 Å². The Hall–Kier alpha value is -0.850. The van der Waals surface area contributed by atoms with Gasteiger partial charge in [0.15, 0.2) is 0 Å². The van der Waals surface area contributed by atoms with Gasteiger partial charge in [-0.2, -0.15) is 0 Å². The van der Waals surface area contributed by atoms with Crippen molar-refractivity contribution in [2.45, 2.75) is 76.0 Å². The molecule has 2 N–H and O–H groups in total. The van der Waals surface area contributed by atoms with Crippen LogP contribution in [0.3, 0.4) is 0 Å². The van der Waals surface area contributed by atoms with E-state index < -0.39 is 10.0 Å². The van der Waals surface area contributed by atoms with Crippen molar-refractivity contribution in [2.24, 2.45) is 0 Å². The van der Waals surface area contributed by atoms with Crippen molar-refractivity contribution in [1.82, 2.24) is 9.29 Å². The van der Waals surface area contributed by atoms with Crippen LogP contribution in [0.2, 0.25) is 0 Å². The summed E-state index contributed by atoms with van der Waals surface area (Å²) in [5, 5.41) is 9.35. The minimum Gasteiger partial charge on any atom is -0.390 e. The van der Waals surface area contributed by atoms with Crippen LogP contribution < -0.4 is 4.72 Å². The molecule has 1 aliphatic rings. The molecule has 1 fully saturated rings. The Bertz CT molecular complexity index is 543. The highest BCUT2D eigenvalue weighted by Gasteiger charge is 2.23. The first-order chi connectivity index (χ1) is 10.1. The van der Waals surface area contributed by atoms with Crippen molar-refractivity contribution in [1.29, 1.82) is 0 Å². The predicted octanol–water partition coefficient (Wildman–Crippen LogP) is 2.39. The van der Waals surface area contributed by atoms with Crippen molar-refractivity contribution in [2.75, 3.05) is 0 Å². The van der Waals surface area contributed by atoms with Crippen LogP contribution in [-0.2, 0) is 23.2 Å². The first kappa shape index (κ1) is 16.5. The molecule has 0 aromatic carbocycles. The van der Waals surface area contributed by atoms with E-state index in [2.05, 4.69) is 4.72 Å². The third-order valence-corrected chi connectivity index (χ3v) is 5.56. The number of hydrogen-bond acceptors (Lipinski definition) is 3. The molecule has 1 aromatic heterocycles. The van der Waals surface area contributed by atoms with E-state index in [1.807, 2.05) is 11.5 Å². The van der Waals surface area contributed by atoms with Crippen molar-refractivity contribution >= 4 is 10.0 Å². The van der Waals surface area contributed by atoms with Crippen molar-refractivity contribution in [3.63, 3.8) is 0 Å². The van der Waals surface area contributed by atoms with Gasteiger partial charge in [-0.1, -0.05) is 32.6 Å². The highest BCUT2D eigenvalue weighted by molar-refractivity contribution is 7.89. The van der Waals surface area contributed by atoms with Gasteiger partial charge in [0.2, 0.25) is 10.0 Å². The van der Waals surface area contributed by atoms with E-state index in [0.717, 1.165) is 38.6 Å². The number of aromatic nitrogens is 1. The lowest BCUT2D eigenvalue weighted by molar-refractivity contribution is 0.270. The molecule has 0 unspecified atom stereocenters. The summed E-state index contributed by atoms with van der Waals surface area (Å²) in [5.74, 6) is 0. The number of nitrogens with one attached hydrogen (secondary N) is 1. The van der Waals surface area contributed by atoms with E-state index in [1.165, 1.54) is 12.8 Å². The number of aryl methyl sites for hydroxylation is 1. The third kappa shape index (κ3) is 4.31. The molecule has 0 amide bonds. The van der Waals surface area contributed by atoms with Crippen molar-refractivity contribution in [3.05, 3.63) is 18.0 Å². The number of aliphatic hydroxyl groups excluding tert-OH is 1. The van der Waals surface area contributed by atoms with Crippen LogP contribution in [0.5, 0.6) is 0 Å². The normalized spacial score (nSPS) is 17.8.